The Morgan fingerprint density at radius 1 is 1.38 bits per heavy atom. The van der Waals surface area contributed by atoms with Gasteiger partial charge >= 0.3 is 0 Å². The molecule has 0 fully saturated rings. The molecule has 21 heavy (non-hydrogen) atoms. The van der Waals surface area contributed by atoms with Crippen LogP contribution in [0.3, 0.4) is 0 Å². The zero-order chi connectivity index (χ0) is 15.2. The number of aryl methyl sites for hydroxylation is 1. The van der Waals surface area contributed by atoms with E-state index in [-0.39, 0.29) is 11.2 Å². The Morgan fingerprint density at radius 3 is 2.71 bits per heavy atom. The molecule has 0 saturated carbocycles. The number of carbonyl (C=O) groups is 1. The quantitative estimate of drug-likeness (QED) is 0.790. The van der Waals surface area contributed by atoms with Crippen LogP contribution in [-0.2, 0) is 11.2 Å². The smallest absolute Gasteiger partial charge is 0.230 e. The molecular weight excluding hydrogens is 286 g/mol. The van der Waals surface area contributed by atoms with Crippen LogP contribution in [0.5, 0.6) is 0 Å². The molecule has 1 heterocycles. The second-order valence-corrected chi connectivity index (χ2v) is 6.11. The van der Waals surface area contributed by atoms with Crippen LogP contribution in [0.15, 0.2) is 29.4 Å². The van der Waals surface area contributed by atoms with Crippen LogP contribution in [0.25, 0.3) is 5.69 Å². The van der Waals surface area contributed by atoms with Crippen LogP contribution in [0.4, 0.5) is 0 Å². The van der Waals surface area contributed by atoms with Crippen LogP contribution in [0.2, 0.25) is 0 Å². The number of nitrogens with zero attached hydrogens (tertiary/aromatic N) is 4. The van der Waals surface area contributed by atoms with E-state index in [4.69, 9.17) is 5.73 Å². The summed E-state index contributed by atoms with van der Waals surface area (Å²) in [5.74, 6) is -0.385. The molecule has 0 spiro atoms. The highest BCUT2D eigenvalue weighted by atomic mass is 32.2. The summed E-state index contributed by atoms with van der Waals surface area (Å²) in [5.41, 5.74) is 7.44. The summed E-state index contributed by atoms with van der Waals surface area (Å²) in [7, 11) is 0. The van der Waals surface area contributed by atoms with E-state index in [1.807, 2.05) is 12.1 Å². The molecule has 0 saturated heterocycles. The van der Waals surface area contributed by atoms with Gasteiger partial charge in [-0.25, -0.2) is 0 Å². The van der Waals surface area contributed by atoms with E-state index in [9.17, 15) is 4.79 Å². The number of benzene rings is 1. The summed E-state index contributed by atoms with van der Waals surface area (Å²) < 4.78 is 1.62. The molecule has 0 unspecified atom stereocenters. The van der Waals surface area contributed by atoms with Crippen LogP contribution >= 0.6 is 11.8 Å². The number of rotatable bonds is 7. The third-order valence-electron chi connectivity index (χ3n) is 3.12. The lowest BCUT2D eigenvalue weighted by Gasteiger charge is -2.08. The predicted molar refractivity (Wildman–Crippen MR) is 82.3 cm³/mol. The lowest BCUT2D eigenvalue weighted by molar-refractivity contribution is -0.117. The third-order valence-corrected chi connectivity index (χ3v) is 4.17. The summed E-state index contributed by atoms with van der Waals surface area (Å²) in [6.45, 7) is 3.92. The molecule has 0 aliphatic heterocycles. The van der Waals surface area contributed by atoms with Crippen molar-refractivity contribution in [1.82, 2.24) is 20.2 Å². The van der Waals surface area contributed by atoms with Crippen molar-refractivity contribution in [3.05, 3.63) is 29.8 Å². The Hall–Kier alpha value is -1.89. The molecule has 0 aliphatic rings. The number of amides is 1. The Bertz CT molecular complexity index is 596. The summed E-state index contributed by atoms with van der Waals surface area (Å²) in [4.78, 5) is 11.1. The molecule has 1 atom stereocenters. The average molecular weight is 305 g/mol. The average Bonchev–Trinajstić information content (AvgIpc) is 2.93. The third kappa shape index (κ3) is 4.04. The highest BCUT2D eigenvalue weighted by molar-refractivity contribution is 8.00. The van der Waals surface area contributed by atoms with E-state index in [2.05, 4.69) is 34.6 Å². The lowest BCUT2D eigenvalue weighted by Crippen LogP contribution is -2.23. The van der Waals surface area contributed by atoms with Gasteiger partial charge in [0.15, 0.2) is 0 Å². The summed E-state index contributed by atoms with van der Waals surface area (Å²) >= 11 is 1.25. The van der Waals surface area contributed by atoms with Gasteiger partial charge in [0.25, 0.3) is 0 Å². The number of nitrogens with two attached hydrogens (primary N) is 1. The first-order chi connectivity index (χ1) is 10.1. The van der Waals surface area contributed by atoms with E-state index in [1.165, 1.54) is 30.2 Å². The summed E-state index contributed by atoms with van der Waals surface area (Å²) in [5, 5.41) is 11.8. The van der Waals surface area contributed by atoms with Gasteiger partial charge in [0.2, 0.25) is 11.1 Å². The molecule has 2 N–H and O–H groups in total. The molecule has 1 amide bonds. The molecule has 6 nitrogen and oxygen atoms in total. The van der Waals surface area contributed by atoms with E-state index >= 15 is 0 Å². The monoisotopic (exact) mass is 305 g/mol. The lowest BCUT2D eigenvalue weighted by atomic mass is 10.1. The molecule has 2 rings (SSSR count). The molecule has 2 aromatic rings. The topological polar surface area (TPSA) is 86.7 Å². The van der Waals surface area contributed by atoms with E-state index in [0.29, 0.717) is 5.16 Å². The highest BCUT2D eigenvalue weighted by Gasteiger charge is 2.16. The Balaban J connectivity index is 2.15. The zero-order valence-corrected chi connectivity index (χ0v) is 13.0. The predicted octanol–water partition coefficient (Wildman–Crippen LogP) is 1.97. The number of tetrazole rings is 1. The number of hydrogen-bond acceptors (Lipinski definition) is 5. The standard InChI is InChI=1S/C14H19N5OS/c1-3-4-5-11-6-8-12(9-7-11)19-14(16-17-18-19)21-10(2)13(15)20/h6-10H,3-5H2,1-2H3,(H2,15,20)/t10-/m1/s1. The SMILES string of the molecule is CCCCc1ccc(-n2nnnc2S[C@H](C)C(N)=O)cc1. The second kappa shape index (κ2) is 7.21. The van der Waals surface area contributed by atoms with Crippen molar-refractivity contribution in [3.8, 4) is 5.69 Å². The molecule has 7 heteroatoms. The van der Waals surface area contributed by atoms with Crippen molar-refractivity contribution in [2.75, 3.05) is 0 Å². The number of primary amides is 1. The fourth-order valence-electron chi connectivity index (χ4n) is 1.82. The van der Waals surface area contributed by atoms with Crippen molar-refractivity contribution in [3.63, 3.8) is 0 Å². The first-order valence-electron chi connectivity index (χ1n) is 6.95. The van der Waals surface area contributed by atoms with Gasteiger partial charge in [-0.05, 0) is 47.9 Å². The fraction of sp³-hybridized carbons (Fsp3) is 0.429. The minimum atomic E-state index is -0.385. The highest BCUT2D eigenvalue weighted by Crippen LogP contribution is 2.22. The van der Waals surface area contributed by atoms with E-state index < -0.39 is 0 Å². The molecular formula is C14H19N5OS. The molecule has 0 bridgehead atoms. The van der Waals surface area contributed by atoms with Crippen LogP contribution in [0, 0.1) is 0 Å². The Labute approximate surface area is 128 Å². The van der Waals surface area contributed by atoms with Crippen molar-refractivity contribution in [2.24, 2.45) is 5.73 Å². The number of hydrogen-bond donors (Lipinski definition) is 1. The first kappa shape index (κ1) is 15.5. The van der Waals surface area contributed by atoms with Crippen LogP contribution < -0.4 is 5.73 Å². The van der Waals surface area contributed by atoms with Crippen LogP contribution in [0.1, 0.15) is 32.3 Å². The first-order valence-corrected chi connectivity index (χ1v) is 7.83. The molecule has 1 aromatic carbocycles. The van der Waals surface area contributed by atoms with Gasteiger partial charge in [-0.3, -0.25) is 4.79 Å². The van der Waals surface area contributed by atoms with Gasteiger partial charge in [0.1, 0.15) is 0 Å². The minimum absolute atomic E-state index is 0.376. The molecule has 1 aromatic heterocycles. The number of thioether (sulfide) groups is 1. The minimum Gasteiger partial charge on any atom is -0.369 e. The zero-order valence-electron chi connectivity index (χ0n) is 12.2. The van der Waals surface area contributed by atoms with Crippen molar-refractivity contribution in [2.45, 2.75) is 43.5 Å². The maximum absolute atomic E-state index is 11.1. The van der Waals surface area contributed by atoms with Gasteiger partial charge in [-0.2, -0.15) is 4.68 Å². The van der Waals surface area contributed by atoms with Gasteiger partial charge in [-0.1, -0.05) is 37.2 Å². The van der Waals surface area contributed by atoms with Gasteiger partial charge in [-0.15, -0.1) is 5.10 Å². The van der Waals surface area contributed by atoms with Gasteiger partial charge in [0, 0.05) is 0 Å². The maximum Gasteiger partial charge on any atom is 0.230 e. The van der Waals surface area contributed by atoms with E-state index in [0.717, 1.165) is 12.1 Å². The van der Waals surface area contributed by atoms with E-state index in [1.54, 1.807) is 11.6 Å². The Morgan fingerprint density at radius 2 is 2.10 bits per heavy atom. The molecule has 0 aliphatic carbocycles. The summed E-state index contributed by atoms with van der Waals surface area (Å²) in [6.07, 6.45) is 3.44. The van der Waals surface area contributed by atoms with Gasteiger partial charge < -0.3 is 5.73 Å². The van der Waals surface area contributed by atoms with Gasteiger partial charge in [0.05, 0.1) is 10.9 Å². The van der Waals surface area contributed by atoms with Crippen molar-refractivity contribution < 1.29 is 4.79 Å². The molecule has 112 valence electrons. The normalized spacial score (nSPS) is 12.3. The van der Waals surface area contributed by atoms with Crippen LogP contribution in [-0.4, -0.2) is 31.4 Å². The second-order valence-electron chi connectivity index (χ2n) is 4.81. The number of aromatic nitrogens is 4. The number of carbonyl (C=O) groups excluding carboxylic acids is 1. The summed E-state index contributed by atoms with van der Waals surface area (Å²) in [6, 6.07) is 8.14. The number of unbranched alkanes of at least 4 members (excludes halogenated alkanes) is 1. The fourth-order valence-corrected chi connectivity index (χ4v) is 2.57. The molecule has 0 radical (unpaired) electrons. The Kier molecular flexibility index (Phi) is 5.32. The maximum atomic E-state index is 11.1. The van der Waals surface area contributed by atoms with Crippen molar-refractivity contribution >= 4 is 17.7 Å². The largest absolute Gasteiger partial charge is 0.369 e. The van der Waals surface area contributed by atoms with Crippen molar-refractivity contribution in [1.29, 1.82) is 0 Å².